The van der Waals surface area contributed by atoms with E-state index in [2.05, 4.69) is 9.97 Å². The van der Waals surface area contributed by atoms with Crippen LogP contribution in [0.5, 0.6) is 0 Å². The van der Waals surface area contributed by atoms with Gasteiger partial charge in [-0.2, -0.15) is 0 Å². The van der Waals surface area contributed by atoms with Crippen molar-refractivity contribution in [3.63, 3.8) is 0 Å². The van der Waals surface area contributed by atoms with Crippen molar-refractivity contribution in [2.75, 3.05) is 0 Å². The number of aromatic nitrogens is 2. The zero-order valence-electron chi connectivity index (χ0n) is 10.4. The third-order valence-electron chi connectivity index (χ3n) is 2.91. The Balaban J connectivity index is 2.01. The van der Waals surface area contributed by atoms with E-state index in [1.54, 1.807) is 36.7 Å². The van der Waals surface area contributed by atoms with E-state index in [0.29, 0.717) is 11.4 Å². The van der Waals surface area contributed by atoms with Gasteiger partial charge < -0.3 is 0 Å². The number of halogens is 2. The fraction of sp³-hybridized carbons (Fsp3) is 0. The minimum Gasteiger partial charge on any atom is -0.260 e. The molecule has 20 heavy (non-hydrogen) atoms. The Kier molecular flexibility index (Phi) is 3.21. The van der Waals surface area contributed by atoms with Crippen LogP contribution in [0.25, 0.3) is 22.5 Å². The smallest absolute Gasteiger partial charge is 0.123 e. The molecule has 0 bridgehead atoms. The van der Waals surface area contributed by atoms with E-state index >= 15 is 0 Å². The summed E-state index contributed by atoms with van der Waals surface area (Å²) >= 11 is 0. The van der Waals surface area contributed by atoms with Gasteiger partial charge in [-0.05, 0) is 48.5 Å². The molecular weight excluding hydrogens is 258 g/mol. The molecule has 0 radical (unpaired) electrons. The van der Waals surface area contributed by atoms with Gasteiger partial charge in [-0.3, -0.25) is 4.98 Å². The van der Waals surface area contributed by atoms with E-state index in [4.69, 9.17) is 0 Å². The fourth-order valence-electron chi connectivity index (χ4n) is 1.89. The molecule has 0 aliphatic carbocycles. The van der Waals surface area contributed by atoms with E-state index in [1.807, 2.05) is 0 Å². The lowest BCUT2D eigenvalue weighted by Gasteiger charge is -2.04. The number of nitrogens with zero attached hydrogens (tertiary/aromatic N) is 2. The quantitative estimate of drug-likeness (QED) is 0.699. The second-order valence-corrected chi connectivity index (χ2v) is 4.30. The molecule has 1 aromatic heterocycles. The predicted molar refractivity (Wildman–Crippen MR) is 72.8 cm³/mol. The highest BCUT2D eigenvalue weighted by atomic mass is 19.1. The van der Waals surface area contributed by atoms with Gasteiger partial charge in [-0.25, -0.2) is 13.8 Å². The minimum atomic E-state index is -0.295. The van der Waals surface area contributed by atoms with Crippen LogP contribution in [-0.4, -0.2) is 9.97 Å². The van der Waals surface area contributed by atoms with Crippen LogP contribution in [0.15, 0.2) is 60.9 Å². The second-order valence-electron chi connectivity index (χ2n) is 4.30. The Bertz CT molecular complexity index is 661. The minimum absolute atomic E-state index is 0.295. The summed E-state index contributed by atoms with van der Waals surface area (Å²) in [6, 6.07) is 12.1. The maximum absolute atomic E-state index is 12.9. The van der Waals surface area contributed by atoms with E-state index in [9.17, 15) is 8.78 Å². The molecule has 0 spiro atoms. The topological polar surface area (TPSA) is 25.8 Å². The van der Waals surface area contributed by atoms with Crippen LogP contribution < -0.4 is 0 Å². The summed E-state index contributed by atoms with van der Waals surface area (Å²) in [6.07, 6.45) is 3.22. The average Bonchev–Trinajstić information content (AvgIpc) is 2.49. The van der Waals surface area contributed by atoms with E-state index in [1.165, 1.54) is 24.3 Å². The molecule has 2 aromatic carbocycles. The van der Waals surface area contributed by atoms with Gasteiger partial charge in [0.2, 0.25) is 0 Å². The van der Waals surface area contributed by atoms with Crippen LogP contribution in [0, 0.1) is 11.6 Å². The first-order chi connectivity index (χ1) is 9.72. The molecule has 0 unspecified atom stereocenters. The Morgan fingerprint density at radius 1 is 0.600 bits per heavy atom. The van der Waals surface area contributed by atoms with Crippen LogP contribution in [0.3, 0.4) is 0 Å². The summed E-state index contributed by atoms with van der Waals surface area (Å²) in [7, 11) is 0. The van der Waals surface area contributed by atoms with Gasteiger partial charge in [-0.15, -0.1) is 0 Å². The molecule has 2 nitrogen and oxygen atoms in total. The molecule has 4 heteroatoms. The summed E-state index contributed by atoms with van der Waals surface area (Å²) in [5.74, 6) is -0.590. The predicted octanol–water partition coefficient (Wildman–Crippen LogP) is 4.09. The largest absolute Gasteiger partial charge is 0.260 e. The Hall–Kier alpha value is -2.62. The Labute approximate surface area is 114 Å². The summed E-state index contributed by atoms with van der Waals surface area (Å²) in [5.41, 5.74) is 2.85. The standard InChI is InChI=1S/C16H10F2N2/c17-13-5-1-11(2-6-13)15-9-19-10-16(20-15)12-3-7-14(18)8-4-12/h1-10H. The third kappa shape index (κ3) is 2.54. The summed E-state index contributed by atoms with van der Waals surface area (Å²) in [6.45, 7) is 0. The molecule has 3 aromatic rings. The van der Waals surface area contributed by atoms with E-state index in [-0.39, 0.29) is 11.6 Å². The van der Waals surface area contributed by atoms with Crippen LogP contribution in [0.1, 0.15) is 0 Å². The Morgan fingerprint density at radius 2 is 1.00 bits per heavy atom. The average molecular weight is 268 g/mol. The van der Waals surface area contributed by atoms with Crippen LogP contribution in [0.2, 0.25) is 0 Å². The number of rotatable bonds is 2. The molecule has 0 N–H and O–H groups in total. The molecule has 0 atom stereocenters. The molecule has 0 aliphatic rings. The van der Waals surface area contributed by atoms with Crippen molar-refractivity contribution in [3.05, 3.63) is 72.6 Å². The molecular formula is C16H10F2N2. The normalized spacial score (nSPS) is 10.5. The fourth-order valence-corrected chi connectivity index (χ4v) is 1.89. The number of benzene rings is 2. The second kappa shape index (κ2) is 5.17. The summed E-state index contributed by atoms with van der Waals surface area (Å²) < 4.78 is 25.8. The molecule has 0 saturated carbocycles. The highest BCUT2D eigenvalue weighted by Crippen LogP contribution is 2.21. The SMILES string of the molecule is Fc1ccc(-c2cncc(-c3ccc(F)cc3)n2)cc1. The molecule has 1 heterocycles. The van der Waals surface area contributed by atoms with Gasteiger partial charge in [0.1, 0.15) is 11.6 Å². The lowest BCUT2D eigenvalue weighted by molar-refractivity contribution is 0.627. The summed E-state index contributed by atoms with van der Waals surface area (Å²) in [5, 5.41) is 0. The lowest BCUT2D eigenvalue weighted by atomic mass is 10.1. The van der Waals surface area contributed by atoms with Crippen molar-refractivity contribution in [2.24, 2.45) is 0 Å². The number of hydrogen-bond acceptors (Lipinski definition) is 2. The van der Waals surface area contributed by atoms with E-state index in [0.717, 1.165) is 11.1 Å². The molecule has 0 aliphatic heterocycles. The summed E-state index contributed by atoms with van der Waals surface area (Å²) in [4.78, 5) is 8.60. The van der Waals surface area contributed by atoms with Gasteiger partial charge in [0.05, 0.1) is 23.8 Å². The van der Waals surface area contributed by atoms with E-state index < -0.39 is 0 Å². The van der Waals surface area contributed by atoms with Crippen molar-refractivity contribution in [3.8, 4) is 22.5 Å². The van der Waals surface area contributed by atoms with Gasteiger partial charge in [0.25, 0.3) is 0 Å². The molecule has 0 fully saturated rings. The molecule has 0 amide bonds. The lowest BCUT2D eigenvalue weighted by Crippen LogP contribution is -1.90. The van der Waals surface area contributed by atoms with Gasteiger partial charge >= 0.3 is 0 Å². The first-order valence-electron chi connectivity index (χ1n) is 6.06. The molecule has 3 rings (SSSR count). The molecule has 98 valence electrons. The van der Waals surface area contributed by atoms with Crippen molar-refractivity contribution in [2.45, 2.75) is 0 Å². The van der Waals surface area contributed by atoms with Gasteiger partial charge in [0, 0.05) is 11.1 Å². The first kappa shape index (κ1) is 12.4. The van der Waals surface area contributed by atoms with Crippen LogP contribution in [0.4, 0.5) is 8.78 Å². The highest BCUT2D eigenvalue weighted by Gasteiger charge is 2.04. The van der Waals surface area contributed by atoms with Crippen molar-refractivity contribution >= 4 is 0 Å². The van der Waals surface area contributed by atoms with Crippen molar-refractivity contribution < 1.29 is 8.78 Å². The highest BCUT2D eigenvalue weighted by molar-refractivity contribution is 5.64. The monoisotopic (exact) mass is 268 g/mol. The van der Waals surface area contributed by atoms with Crippen LogP contribution in [-0.2, 0) is 0 Å². The van der Waals surface area contributed by atoms with Gasteiger partial charge in [-0.1, -0.05) is 0 Å². The first-order valence-corrected chi connectivity index (χ1v) is 6.06. The van der Waals surface area contributed by atoms with Crippen LogP contribution >= 0.6 is 0 Å². The molecule has 0 saturated heterocycles. The van der Waals surface area contributed by atoms with Crippen molar-refractivity contribution in [1.82, 2.24) is 9.97 Å². The third-order valence-corrected chi connectivity index (χ3v) is 2.91. The number of hydrogen-bond donors (Lipinski definition) is 0. The van der Waals surface area contributed by atoms with Gasteiger partial charge in [0.15, 0.2) is 0 Å². The maximum Gasteiger partial charge on any atom is 0.123 e. The van der Waals surface area contributed by atoms with Crippen molar-refractivity contribution in [1.29, 1.82) is 0 Å². The maximum atomic E-state index is 12.9. The zero-order valence-corrected chi connectivity index (χ0v) is 10.4. The zero-order chi connectivity index (χ0) is 13.9. The Morgan fingerprint density at radius 3 is 1.40 bits per heavy atom.